The minimum Gasteiger partial charge on any atom is -0.396 e. The summed E-state index contributed by atoms with van der Waals surface area (Å²) in [4.78, 5) is 4.25. The number of hydrogen-bond donors (Lipinski definition) is 2. The zero-order valence-electron chi connectivity index (χ0n) is 10.1. The molecule has 0 amide bonds. The average molecular weight is 231 g/mol. The van der Waals surface area contributed by atoms with Gasteiger partial charge in [0.15, 0.2) is 5.82 Å². The van der Waals surface area contributed by atoms with E-state index >= 15 is 0 Å². The van der Waals surface area contributed by atoms with Crippen molar-refractivity contribution in [2.45, 2.75) is 26.7 Å². The van der Waals surface area contributed by atoms with E-state index in [1.165, 1.54) is 0 Å². The summed E-state index contributed by atoms with van der Waals surface area (Å²) in [6.45, 7) is 4.17. The van der Waals surface area contributed by atoms with Crippen LogP contribution < -0.4 is 11.5 Å². The molecule has 0 fully saturated rings. The maximum atomic E-state index is 5.71. The van der Waals surface area contributed by atoms with Crippen molar-refractivity contribution in [2.75, 3.05) is 11.5 Å². The van der Waals surface area contributed by atoms with Gasteiger partial charge >= 0.3 is 0 Å². The number of aromatic nitrogens is 3. The Hall–Kier alpha value is -2.04. The van der Waals surface area contributed by atoms with Gasteiger partial charge in [-0.2, -0.15) is 5.10 Å². The fourth-order valence-corrected chi connectivity index (χ4v) is 1.69. The highest BCUT2D eigenvalue weighted by molar-refractivity contribution is 5.59. The molecule has 0 unspecified atom stereocenters. The van der Waals surface area contributed by atoms with Gasteiger partial charge in [-0.1, -0.05) is 13.8 Å². The smallest absolute Gasteiger partial charge is 0.156 e. The molecule has 90 valence electrons. The van der Waals surface area contributed by atoms with Crippen molar-refractivity contribution >= 4 is 11.5 Å². The number of pyridine rings is 1. The lowest BCUT2D eigenvalue weighted by molar-refractivity contribution is 0.774. The first-order chi connectivity index (χ1) is 8.15. The van der Waals surface area contributed by atoms with Crippen LogP contribution in [0.3, 0.4) is 0 Å². The van der Waals surface area contributed by atoms with Crippen LogP contribution >= 0.6 is 0 Å². The van der Waals surface area contributed by atoms with Crippen molar-refractivity contribution in [3.8, 4) is 5.82 Å². The lowest BCUT2D eigenvalue weighted by Gasteiger charge is -2.06. The fourth-order valence-electron chi connectivity index (χ4n) is 1.69. The molecule has 2 heterocycles. The first kappa shape index (κ1) is 11.4. The lowest BCUT2D eigenvalue weighted by Crippen LogP contribution is -2.07. The summed E-state index contributed by atoms with van der Waals surface area (Å²) in [6, 6.07) is 5.68. The number of rotatable bonds is 3. The van der Waals surface area contributed by atoms with Gasteiger partial charge in [0.1, 0.15) is 5.82 Å². The molecular weight excluding hydrogens is 214 g/mol. The van der Waals surface area contributed by atoms with Gasteiger partial charge in [-0.25, -0.2) is 9.67 Å². The van der Waals surface area contributed by atoms with E-state index in [-0.39, 0.29) is 0 Å². The van der Waals surface area contributed by atoms with Crippen LogP contribution in [0.1, 0.15) is 25.2 Å². The molecule has 5 heteroatoms. The monoisotopic (exact) mass is 231 g/mol. The number of hydrogen-bond acceptors (Lipinski definition) is 4. The second kappa shape index (κ2) is 4.45. The van der Waals surface area contributed by atoms with Crippen LogP contribution in [0.25, 0.3) is 5.82 Å². The van der Waals surface area contributed by atoms with E-state index in [0.717, 1.165) is 24.2 Å². The highest BCUT2D eigenvalue weighted by Crippen LogP contribution is 2.17. The minimum absolute atomic E-state index is 0.345. The summed E-state index contributed by atoms with van der Waals surface area (Å²) >= 11 is 0. The van der Waals surface area contributed by atoms with Gasteiger partial charge in [-0.3, -0.25) is 0 Å². The van der Waals surface area contributed by atoms with E-state index in [1.807, 2.05) is 10.7 Å². The third kappa shape index (κ3) is 2.08. The first-order valence-corrected chi connectivity index (χ1v) is 5.75. The maximum absolute atomic E-state index is 5.71. The largest absolute Gasteiger partial charge is 0.396 e. The quantitative estimate of drug-likeness (QED) is 0.839. The fraction of sp³-hybridized carbons (Fsp3) is 0.333. The summed E-state index contributed by atoms with van der Waals surface area (Å²) in [5.41, 5.74) is 14.0. The predicted octanol–water partition coefficient (Wildman–Crippen LogP) is 1.56. The average Bonchev–Trinajstić information content (AvgIpc) is 2.76. The van der Waals surface area contributed by atoms with Gasteiger partial charge in [0.2, 0.25) is 0 Å². The zero-order chi connectivity index (χ0) is 12.4. The van der Waals surface area contributed by atoms with Crippen LogP contribution in [0.5, 0.6) is 0 Å². The van der Waals surface area contributed by atoms with Crippen molar-refractivity contribution in [2.24, 2.45) is 0 Å². The Morgan fingerprint density at radius 2 is 1.94 bits per heavy atom. The third-order valence-corrected chi connectivity index (χ3v) is 2.72. The van der Waals surface area contributed by atoms with Crippen molar-refractivity contribution in [3.05, 3.63) is 29.6 Å². The van der Waals surface area contributed by atoms with Crippen LogP contribution in [-0.4, -0.2) is 14.8 Å². The number of aryl methyl sites for hydroxylation is 2. The van der Waals surface area contributed by atoms with E-state index in [0.29, 0.717) is 17.3 Å². The normalized spacial score (nSPS) is 10.7. The molecule has 0 atom stereocenters. The van der Waals surface area contributed by atoms with E-state index in [4.69, 9.17) is 11.5 Å². The van der Waals surface area contributed by atoms with Gasteiger partial charge < -0.3 is 11.5 Å². The van der Waals surface area contributed by atoms with E-state index < -0.39 is 0 Å². The second-order valence-corrected chi connectivity index (χ2v) is 3.89. The molecule has 17 heavy (non-hydrogen) atoms. The van der Waals surface area contributed by atoms with Gasteiger partial charge in [-0.05, 0) is 31.0 Å². The minimum atomic E-state index is 0.345. The number of nitrogens with zero attached hydrogens (tertiary/aromatic N) is 3. The number of nitrogen functional groups attached to an aromatic ring is 2. The highest BCUT2D eigenvalue weighted by Gasteiger charge is 2.09. The molecule has 0 aliphatic rings. The molecule has 0 aromatic carbocycles. The van der Waals surface area contributed by atoms with Crippen molar-refractivity contribution < 1.29 is 0 Å². The van der Waals surface area contributed by atoms with E-state index in [2.05, 4.69) is 30.0 Å². The molecule has 0 aliphatic carbocycles. The van der Waals surface area contributed by atoms with Crippen LogP contribution in [0.4, 0.5) is 11.5 Å². The van der Waals surface area contributed by atoms with Crippen LogP contribution in [0.15, 0.2) is 18.2 Å². The Morgan fingerprint density at radius 3 is 2.53 bits per heavy atom. The standard InChI is InChI=1S/C12H17N5/c1-3-8-7-9(4-2)17(16-8)11-6-5-10(13)12(14)15-11/h5-7H,3-4,13H2,1-2H3,(H2,14,15). The molecule has 0 aliphatic heterocycles. The molecule has 2 rings (SSSR count). The molecule has 4 N–H and O–H groups in total. The van der Waals surface area contributed by atoms with Crippen LogP contribution in [0.2, 0.25) is 0 Å². The maximum Gasteiger partial charge on any atom is 0.156 e. The van der Waals surface area contributed by atoms with Crippen LogP contribution in [-0.2, 0) is 12.8 Å². The molecule has 5 nitrogen and oxygen atoms in total. The molecule has 0 spiro atoms. The molecule has 0 saturated heterocycles. The van der Waals surface area contributed by atoms with Gasteiger partial charge in [0.05, 0.1) is 11.4 Å². The molecule has 0 saturated carbocycles. The number of nitrogens with two attached hydrogens (primary N) is 2. The Kier molecular flexibility index (Phi) is 2.99. The van der Waals surface area contributed by atoms with Gasteiger partial charge in [-0.15, -0.1) is 0 Å². The summed E-state index contributed by atoms with van der Waals surface area (Å²) in [6.07, 6.45) is 1.81. The van der Waals surface area contributed by atoms with Crippen LogP contribution in [0, 0.1) is 0 Å². The topological polar surface area (TPSA) is 82.8 Å². The third-order valence-electron chi connectivity index (χ3n) is 2.72. The lowest BCUT2D eigenvalue weighted by atomic mass is 10.2. The van der Waals surface area contributed by atoms with Crippen molar-refractivity contribution in [3.63, 3.8) is 0 Å². The molecule has 0 bridgehead atoms. The van der Waals surface area contributed by atoms with E-state index in [1.54, 1.807) is 6.07 Å². The molecule has 0 radical (unpaired) electrons. The van der Waals surface area contributed by atoms with E-state index in [9.17, 15) is 0 Å². The predicted molar refractivity (Wildman–Crippen MR) is 68.9 cm³/mol. The number of anilines is 2. The Balaban J connectivity index is 2.51. The Labute approximate surface area is 100 Å². The summed E-state index contributed by atoms with van der Waals surface area (Å²) in [7, 11) is 0. The second-order valence-electron chi connectivity index (χ2n) is 3.89. The summed E-state index contributed by atoms with van der Waals surface area (Å²) in [5, 5.41) is 4.50. The highest BCUT2D eigenvalue weighted by atomic mass is 15.3. The molecular formula is C12H17N5. The Morgan fingerprint density at radius 1 is 1.18 bits per heavy atom. The molecule has 2 aromatic rings. The van der Waals surface area contributed by atoms with Crippen molar-refractivity contribution in [1.82, 2.24) is 14.8 Å². The summed E-state index contributed by atoms with van der Waals surface area (Å²) < 4.78 is 1.83. The zero-order valence-corrected chi connectivity index (χ0v) is 10.1. The van der Waals surface area contributed by atoms with Crippen molar-refractivity contribution in [1.29, 1.82) is 0 Å². The van der Waals surface area contributed by atoms with Gasteiger partial charge in [0.25, 0.3) is 0 Å². The van der Waals surface area contributed by atoms with Gasteiger partial charge in [0, 0.05) is 5.69 Å². The SMILES string of the molecule is CCc1cc(CC)n(-c2ccc(N)c(N)n2)n1. The Bertz CT molecular complexity index is 530. The summed E-state index contributed by atoms with van der Waals surface area (Å²) in [5.74, 6) is 1.06. The first-order valence-electron chi connectivity index (χ1n) is 5.75. The molecule has 2 aromatic heterocycles.